The highest BCUT2D eigenvalue weighted by atomic mass is 127. The molecule has 0 bridgehead atoms. The molecule has 1 N–H and O–H groups in total. The summed E-state index contributed by atoms with van der Waals surface area (Å²) < 4.78 is 11.0. The van der Waals surface area contributed by atoms with E-state index in [0.29, 0.717) is 5.41 Å². The zero-order chi connectivity index (χ0) is 15.3. The predicted octanol–water partition coefficient (Wildman–Crippen LogP) is 1.01. The van der Waals surface area contributed by atoms with Crippen molar-refractivity contribution in [2.24, 2.45) is 10.4 Å². The number of rotatable bonds is 4. The quantitative estimate of drug-likeness (QED) is 0.404. The molecule has 3 saturated heterocycles. The number of guanidine groups is 1. The van der Waals surface area contributed by atoms with E-state index in [1.807, 2.05) is 0 Å². The van der Waals surface area contributed by atoms with Crippen LogP contribution in [0.5, 0.6) is 0 Å². The molecule has 134 valence electrons. The van der Waals surface area contributed by atoms with Crippen molar-refractivity contribution >= 4 is 29.9 Å². The summed E-state index contributed by atoms with van der Waals surface area (Å²) in [7, 11) is 0. The third-order valence-corrected chi connectivity index (χ3v) is 5.04. The average molecular weight is 438 g/mol. The Morgan fingerprint density at radius 1 is 1.13 bits per heavy atom. The van der Waals surface area contributed by atoms with Crippen LogP contribution in [0.15, 0.2) is 4.99 Å². The maximum atomic E-state index is 5.63. The van der Waals surface area contributed by atoms with Crippen molar-refractivity contribution in [1.29, 1.82) is 0 Å². The summed E-state index contributed by atoms with van der Waals surface area (Å²) in [5.74, 6) is 1.08. The second kappa shape index (κ2) is 9.39. The van der Waals surface area contributed by atoms with Crippen molar-refractivity contribution in [3.05, 3.63) is 0 Å². The summed E-state index contributed by atoms with van der Waals surface area (Å²) >= 11 is 0. The number of ether oxygens (including phenoxy) is 2. The van der Waals surface area contributed by atoms with Gasteiger partial charge in [-0.15, -0.1) is 24.0 Å². The highest BCUT2D eigenvalue weighted by Gasteiger charge is 2.42. The number of halogens is 1. The first-order valence-corrected chi connectivity index (χ1v) is 8.72. The minimum Gasteiger partial charge on any atom is -0.381 e. The number of nitrogens with zero attached hydrogens (tertiary/aromatic N) is 3. The number of hydrogen-bond acceptors (Lipinski definition) is 4. The van der Waals surface area contributed by atoms with Crippen molar-refractivity contribution < 1.29 is 9.47 Å². The lowest BCUT2D eigenvalue weighted by Gasteiger charge is -2.27. The molecule has 0 aromatic carbocycles. The van der Waals surface area contributed by atoms with Crippen LogP contribution in [0, 0.1) is 5.41 Å². The molecular weight excluding hydrogens is 407 g/mol. The summed E-state index contributed by atoms with van der Waals surface area (Å²) in [6.07, 6.45) is 2.44. The van der Waals surface area contributed by atoms with Gasteiger partial charge in [0, 0.05) is 51.3 Å². The van der Waals surface area contributed by atoms with Crippen LogP contribution in [0.1, 0.15) is 19.8 Å². The molecule has 3 rings (SSSR count). The van der Waals surface area contributed by atoms with E-state index in [9.17, 15) is 0 Å². The molecular formula is C16H31IN4O2. The van der Waals surface area contributed by atoms with E-state index >= 15 is 0 Å². The Labute approximate surface area is 157 Å². The Morgan fingerprint density at radius 3 is 2.65 bits per heavy atom. The van der Waals surface area contributed by atoms with E-state index in [2.05, 4.69) is 22.0 Å². The van der Waals surface area contributed by atoms with E-state index in [1.165, 1.54) is 12.8 Å². The maximum absolute atomic E-state index is 5.63. The van der Waals surface area contributed by atoms with Gasteiger partial charge in [-0.25, -0.2) is 0 Å². The van der Waals surface area contributed by atoms with Crippen molar-refractivity contribution in [1.82, 2.24) is 15.1 Å². The Morgan fingerprint density at radius 2 is 1.96 bits per heavy atom. The molecule has 3 fully saturated rings. The number of aliphatic imine (C=N–C) groups is 1. The van der Waals surface area contributed by atoms with Crippen LogP contribution >= 0.6 is 24.0 Å². The predicted molar refractivity (Wildman–Crippen MR) is 103 cm³/mol. The van der Waals surface area contributed by atoms with Gasteiger partial charge in [0.1, 0.15) is 0 Å². The van der Waals surface area contributed by atoms with Gasteiger partial charge in [-0.3, -0.25) is 9.89 Å². The van der Waals surface area contributed by atoms with Crippen LogP contribution in [-0.4, -0.2) is 88.0 Å². The van der Waals surface area contributed by atoms with E-state index in [4.69, 9.17) is 14.5 Å². The Balaban J connectivity index is 0.00000192. The van der Waals surface area contributed by atoms with Gasteiger partial charge < -0.3 is 19.7 Å². The summed E-state index contributed by atoms with van der Waals surface area (Å²) in [4.78, 5) is 9.72. The lowest BCUT2D eigenvalue weighted by atomic mass is 9.87. The molecule has 1 unspecified atom stereocenters. The standard InChI is InChI=1S/C16H30N4O2.HI/c1-2-17-15(18-5-7-19-8-11-21-12-9-19)20-6-3-16(13-20)4-10-22-14-16;/h2-14H2,1H3,(H,17,18);1H. The van der Waals surface area contributed by atoms with Crippen LogP contribution in [-0.2, 0) is 9.47 Å². The SMILES string of the molecule is CCNC(=NCCN1CCOCC1)N1CCC2(CCOC2)C1.I. The average Bonchev–Trinajstić information content (AvgIpc) is 3.18. The molecule has 3 aliphatic rings. The van der Waals surface area contributed by atoms with Crippen LogP contribution in [0.25, 0.3) is 0 Å². The molecule has 23 heavy (non-hydrogen) atoms. The minimum absolute atomic E-state index is 0. The molecule has 0 radical (unpaired) electrons. The fourth-order valence-corrected chi connectivity index (χ4v) is 3.64. The molecule has 0 saturated carbocycles. The second-order valence-corrected chi connectivity index (χ2v) is 6.66. The largest absolute Gasteiger partial charge is 0.381 e. The smallest absolute Gasteiger partial charge is 0.193 e. The number of likely N-dealkylation sites (tertiary alicyclic amines) is 1. The van der Waals surface area contributed by atoms with E-state index in [0.717, 1.165) is 78.2 Å². The third-order valence-electron chi connectivity index (χ3n) is 5.04. The zero-order valence-corrected chi connectivity index (χ0v) is 16.6. The van der Waals surface area contributed by atoms with Crippen molar-refractivity contribution in [2.75, 3.05) is 72.2 Å². The monoisotopic (exact) mass is 438 g/mol. The van der Waals surface area contributed by atoms with Gasteiger partial charge in [0.25, 0.3) is 0 Å². The highest BCUT2D eigenvalue weighted by Crippen LogP contribution is 2.38. The zero-order valence-electron chi connectivity index (χ0n) is 14.3. The van der Waals surface area contributed by atoms with Crippen LogP contribution in [0.2, 0.25) is 0 Å². The van der Waals surface area contributed by atoms with Gasteiger partial charge >= 0.3 is 0 Å². The summed E-state index contributed by atoms with van der Waals surface area (Å²) in [6.45, 7) is 12.8. The number of morpholine rings is 1. The van der Waals surface area contributed by atoms with E-state index in [-0.39, 0.29) is 24.0 Å². The van der Waals surface area contributed by atoms with Gasteiger partial charge in [0.05, 0.1) is 26.4 Å². The lowest BCUT2D eigenvalue weighted by molar-refractivity contribution is 0.0394. The van der Waals surface area contributed by atoms with Gasteiger partial charge in [-0.1, -0.05) is 0 Å². The van der Waals surface area contributed by atoms with Gasteiger partial charge in [0.2, 0.25) is 0 Å². The van der Waals surface area contributed by atoms with Crippen LogP contribution < -0.4 is 5.32 Å². The fraction of sp³-hybridized carbons (Fsp3) is 0.938. The minimum atomic E-state index is 0. The highest BCUT2D eigenvalue weighted by molar-refractivity contribution is 14.0. The van der Waals surface area contributed by atoms with E-state index < -0.39 is 0 Å². The molecule has 1 spiro atoms. The summed E-state index contributed by atoms with van der Waals surface area (Å²) in [5, 5.41) is 3.46. The van der Waals surface area contributed by atoms with E-state index in [1.54, 1.807) is 0 Å². The fourth-order valence-electron chi connectivity index (χ4n) is 3.64. The first kappa shape index (κ1) is 19.2. The van der Waals surface area contributed by atoms with Crippen LogP contribution in [0.4, 0.5) is 0 Å². The Bertz CT molecular complexity index is 382. The van der Waals surface area contributed by atoms with Gasteiger partial charge in [0.15, 0.2) is 5.96 Å². The van der Waals surface area contributed by atoms with Gasteiger partial charge in [-0.2, -0.15) is 0 Å². The van der Waals surface area contributed by atoms with Crippen molar-refractivity contribution in [3.8, 4) is 0 Å². The number of hydrogen-bond donors (Lipinski definition) is 1. The summed E-state index contributed by atoms with van der Waals surface area (Å²) in [6, 6.07) is 0. The van der Waals surface area contributed by atoms with Crippen molar-refractivity contribution in [2.45, 2.75) is 19.8 Å². The maximum Gasteiger partial charge on any atom is 0.193 e. The molecule has 0 aromatic rings. The lowest BCUT2D eigenvalue weighted by Crippen LogP contribution is -2.42. The Hall–Kier alpha value is -0.120. The molecule has 0 aromatic heterocycles. The first-order chi connectivity index (χ1) is 10.8. The normalized spacial score (nSPS) is 29.1. The summed E-state index contributed by atoms with van der Waals surface area (Å²) in [5.41, 5.74) is 0.389. The second-order valence-electron chi connectivity index (χ2n) is 6.66. The molecule has 3 heterocycles. The Kier molecular flexibility index (Phi) is 7.84. The van der Waals surface area contributed by atoms with Gasteiger partial charge in [-0.05, 0) is 19.8 Å². The topological polar surface area (TPSA) is 49.3 Å². The molecule has 0 amide bonds. The molecule has 0 aliphatic carbocycles. The molecule has 6 nitrogen and oxygen atoms in total. The van der Waals surface area contributed by atoms with Crippen LogP contribution in [0.3, 0.4) is 0 Å². The molecule has 7 heteroatoms. The third kappa shape index (κ3) is 5.17. The molecule has 3 aliphatic heterocycles. The molecule has 1 atom stereocenters. The number of nitrogens with one attached hydrogen (secondary N) is 1. The van der Waals surface area contributed by atoms with Crippen molar-refractivity contribution in [3.63, 3.8) is 0 Å². The first-order valence-electron chi connectivity index (χ1n) is 8.72.